The number of allylic oxidation sites excluding steroid dienone is 2. The second-order valence-corrected chi connectivity index (χ2v) is 6.04. The summed E-state index contributed by atoms with van der Waals surface area (Å²) in [6.07, 6.45) is 11.3. The maximum absolute atomic E-state index is 11.2. The number of halogens is 2. The molecule has 0 unspecified atom stereocenters. The standard InChI is InChI=1S/C17H22BrClO3/c1-3-7-14-8-4-5-10-16(19)17(22-14)12-15(9-6-11-18)21-13(2)20/h3-5,7,9,11,14-17H,8,10,12H2,1-2H3/t6?,14-,15-,16+,17+/m0/s1. The summed E-state index contributed by atoms with van der Waals surface area (Å²) in [5.74, 6) is -0.334. The van der Waals surface area contributed by atoms with Gasteiger partial charge in [0.05, 0.1) is 17.6 Å². The molecular formula is C17H22BrClO3. The zero-order chi connectivity index (χ0) is 16.4. The normalized spacial score (nSPS) is 26.6. The fraction of sp³-hybridized carbons (Fsp3) is 0.529. The maximum Gasteiger partial charge on any atom is 0.303 e. The first kappa shape index (κ1) is 19.2. The van der Waals surface area contributed by atoms with Crippen LogP contribution in [0.15, 0.2) is 41.1 Å². The summed E-state index contributed by atoms with van der Waals surface area (Å²) >= 11 is 9.60. The Morgan fingerprint density at radius 2 is 2.27 bits per heavy atom. The van der Waals surface area contributed by atoms with E-state index in [1.165, 1.54) is 6.92 Å². The quantitative estimate of drug-likeness (QED) is 0.297. The van der Waals surface area contributed by atoms with Crippen molar-refractivity contribution in [3.63, 3.8) is 0 Å². The van der Waals surface area contributed by atoms with E-state index in [0.717, 1.165) is 12.8 Å². The summed E-state index contributed by atoms with van der Waals surface area (Å²) < 4.78 is 11.4. The van der Waals surface area contributed by atoms with Crippen LogP contribution in [0.2, 0.25) is 0 Å². The van der Waals surface area contributed by atoms with Crippen LogP contribution in [0.3, 0.4) is 0 Å². The van der Waals surface area contributed by atoms with E-state index in [-0.39, 0.29) is 23.6 Å². The molecule has 1 aliphatic rings. The van der Waals surface area contributed by atoms with Crippen LogP contribution in [0.4, 0.5) is 0 Å². The highest BCUT2D eigenvalue weighted by Crippen LogP contribution is 2.24. The molecule has 0 aliphatic carbocycles. The number of rotatable bonds is 5. The fourth-order valence-corrected chi connectivity index (χ4v) is 2.67. The zero-order valence-electron chi connectivity index (χ0n) is 12.9. The Labute approximate surface area is 145 Å². The van der Waals surface area contributed by atoms with Gasteiger partial charge in [-0.25, -0.2) is 0 Å². The monoisotopic (exact) mass is 388 g/mol. The van der Waals surface area contributed by atoms with E-state index in [2.05, 4.69) is 33.8 Å². The molecule has 1 heterocycles. The van der Waals surface area contributed by atoms with Crippen LogP contribution in [0.25, 0.3) is 0 Å². The summed E-state index contributed by atoms with van der Waals surface area (Å²) in [7, 11) is 0. The van der Waals surface area contributed by atoms with Crippen molar-refractivity contribution in [3.05, 3.63) is 41.1 Å². The molecular weight excluding hydrogens is 368 g/mol. The van der Waals surface area contributed by atoms with Gasteiger partial charge in [-0.15, -0.1) is 17.3 Å². The zero-order valence-corrected chi connectivity index (χ0v) is 15.2. The summed E-state index contributed by atoms with van der Waals surface area (Å²) in [4.78, 5) is 12.8. The Hall–Kier alpha value is -0.800. The second-order valence-electron chi connectivity index (χ2n) is 5.02. The molecule has 0 spiro atoms. The van der Waals surface area contributed by atoms with Crippen LogP contribution in [0, 0.1) is 0 Å². The van der Waals surface area contributed by atoms with E-state index in [9.17, 15) is 4.79 Å². The van der Waals surface area contributed by atoms with Crippen molar-refractivity contribution in [3.8, 4) is 0 Å². The Morgan fingerprint density at radius 1 is 1.55 bits per heavy atom. The summed E-state index contributed by atoms with van der Waals surface area (Å²) in [6, 6.07) is 0. The number of alkyl halides is 1. The predicted octanol–water partition coefficient (Wildman–Crippen LogP) is 4.66. The molecule has 0 fully saturated rings. The minimum atomic E-state index is -0.410. The minimum absolute atomic E-state index is 0.0125. The molecule has 0 bridgehead atoms. The SMILES string of the molecule is CC=C[C@H]1CC=CC[C@@H](Cl)[C@@H](C[C@H](C=C=CBr)OC(C)=O)O1. The van der Waals surface area contributed by atoms with Gasteiger partial charge < -0.3 is 9.47 Å². The average Bonchev–Trinajstić information content (AvgIpc) is 2.45. The molecule has 122 valence electrons. The number of hydrogen-bond acceptors (Lipinski definition) is 3. The average molecular weight is 390 g/mol. The minimum Gasteiger partial charge on any atom is -0.458 e. The molecule has 0 aromatic rings. The van der Waals surface area contributed by atoms with Gasteiger partial charge in [-0.3, -0.25) is 4.79 Å². The third kappa shape index (κ3) is 7.46. The van der Waals surface area contributed by atoms with E-state index < -0.39 is 6.10 Å². The number of carbonyl (C=O) groups is 1. The van der Waals surface area contributed by atoms with Crippen molar-refractivity contribution in [1.29, 1.82) is 0 Å². The Kier molecular flexibility index (Phi) is 9.49. The smallest absolute Gasteiger partial charge is 0.303 e. The Bertz CT molecular complexity index is 467. The molecule has 4 atom stereocenters. The van der Waals surface area contributed by atoms with Gasteiger partial charge in [0.2, 0.25) is 0 Å². The summed E-state index contributed by atoms with van der Waals surface area (Å²) in [5, 5.41) is -0.163. The summed E-state index contributed by atoms with van der Waals surface area (Å²) in [5.41, 5.74) is 2.89. The number of ether oxygens (including phenoxy) is 2. The third-order valence-electron chi connectivity index (χ3n) is 3.18. The molecule has 0 saturated heterocycles. The van der Waals surface area contributed by atoms with Crippen molar-refractivity contribution in [1.82, 2.24) is 0 Å². The topological polar surface area (TPSA) is 35.5 Å². The van der Waals surface area contributed by atoms with Crippen LogP contribution < -0.4 is 0 Å². The first-order chi connectivity index (χ1) is 10.6. The lowest BCUT2D eigenvalue weighted by atomic mass is 10.0. The van der Waals surface area contributed by atoms with Crippen LogP contribution in [-0.4, -0.2) is 29.7 Å². The van der Waals surface area contributed by atoms with Crippen molar-refractivity contribution in [2.24, 2.45) is 0 Å². The number of carbonyl (C=O) groups excluding carboxylic acids is 1. The van der Waals surface area contributed by atoms with Gasteiger partial charge in [0, 0.05) is 18.3 Å². The highest BCUT2D eigenvalue weighted by Gasteiger charge is 2.27. The lowest BCUT2D eigenvalue weighted by molar-refractivity contribution is -0.145. The van der Waals surface area contributed by atoms with Gasteiger partial charge in [0.1, 0.15) is 6.10 Å². The number of esters is 1. The van der Waals surface area contributed by atoms with Gasteiger partial charge in [-0.2, -0.15) is 0 Å². The van der Waals surface area contributed by atoms with Crippen molar-refractivity contribution in [2.75, 3.05) is 0 Å². The molecule has 1 aliphatic heterocycles. The molecule has 0 aromatic heterocycles. The molecule has 0 saturated carbocycles. The largest absolute Gasteiger partial charge is 0.458 e. The number of hydrogen-bond donors (Lipinski definition) is 0. The van der Waals surface area contributed by atoms with Crippen molar-refractivity contribution < 1.29 is 14.3 Å². The van der Waals surface area contributed by atoms with E-state index in [0.29, 0.717) is 6.42 Å². The van der Waals surface area contributed by atoms with Crippen molar-refractivity contribution >= 4 is 33.5 Å². The molecule has 0 N–H and O–H groups in total. The first-order valence-corrected chi connectivity index (χ1v) is 8.67. The van der Waals surface area contributed by atoms with Gasteiger partial charge >= 0.3 is 5.97 Å². The lowest BCUT2D eigenvalue weighted by Crippen LogP contribution is -2.34. The van der Waals surface area contributed by atoms with E-state index >= 15 is 0 Å². The van der Waals surface area contributed by atoms with Crippen LogP contribution in [0.1, 0.15) is 33.1 Å². The van der Waals surface area contributed by atoms with E-state index in [4.69, 9.17) is 21.1 Å². The van der Waals surface area contributed by atoms with E-state index in [1.54, 1.807) is 11.1 Å². The second kappa shape index (κ2) is 10.8. The van der Waals surface area contributed by atoms with Gasteiger partial charge in [0.25, 0.3) is 0 Å². The van der Waals surface area contributed by atoms with Crippen LogP contribution in [-0.2, 0) is 14.3 Å². The Balaban J connectivity index is 2.84. The lowest BCUT2D eigenvalue weighted by Gasteiger charge is -2.29. The third-order valence-corrected chi connectivity index (χ3v) is 3.91. The first-order valence-electron chi connectivity index (χ1n) is 7.32. The Morgan fingerprint density at radius 3 is 2.91 bits per heavy atom. The van der Waals surface area contributed by atoms with Crippen LogP contribution in [0.5, 0.6) is 0 Å². The molecule has 0 amide bonds. The van der Waals surface area contributed by atoms with Gasteiger partial charge in [0.15, 0.2) is 0 Å². The van der Waals surface area contributed by atoms with Gasteiger partial charge in [-0.05, 0) is 25.8 Å². The maximum atomic E-state index is 11.2. The molecule has 1 rings (SSSR count). The summed E-state index contributed by atoms with van der Waals surface area (Å²) in [6.45, 7) is 3.35. The molecule has 5 heteroatoms. The fourth-order valence-electron chi connectivity index (χ4n) is 2.25. The van der Waals surface area contributed by atoms with Gasteiger partial charge in [-0.1, -0.05) is 40.2 Å². The highest BCUT2D eigenvalue weighted by atomic mass is 79.9. The van der Waals surface area contributed by atoms with Crippen LogP contribution >= 0.6 is 27.5 Å². The molecule has 0 radical (unpaired) electrons. The van der Waals surface area contributed by atoms with E-state index in [1.807, 2.05) is 19.1 Å². The molecule has 3 nitrogen and oxygen atoms in total. The van der Waals surface area contributed by atoms with Crippen molar-refractivity contribution in [2.45, 2.75) is 56.8 Å². The molecule has 0 aromatic carbocycles. The predicted molar refractivity (Wildman–Crippen MR) is 93.2 cm³/mol. The highest BCUT2D eigenvalue weighted by molar-refractivity contribution is 9.11. The molecule has 22 heavy (non-hydrogen) atoms.